The number of aromatic nitrogens is 2. The molecule has 2 rings (SSSR count). The highest BCUT2D eigenvalue weighted by Gasteiger charge is 2.16. The van der Waals surface area contributed by atoms with Crippen LogP contribution >= 0.6 is 0 Å². The maximum Gasteiger partial charge on any atom is 0.247 e. The number of carbonyl (C=O) groups is 1. The molecule has 1 atom stereocenters. The van der Waals surface area contributed by atoms with Gasteiger partial charge in [-0.05, 0) is 12.5 Å². The molecule has 1 aromatic heterocycles. The Hall–Kier alpha value is -2.14. The lowest BCUT2D eigenvalue weighted by Gasteiger charge is -2.12. The average Bonchev–Trinajstić information content (AvgIpc) is 2.68. The van der Waals surface area contributed by atoms with E-state index in [2.05, 4.69) is 10.4 Å². The molecule has 0 spiro atoms. The molecule has 3 N–H and O–H groups in total. The molecule has 18 heavy (non-hydrogen) atoms. The summed E-state index contributed by atoms with van der Waals surface area (Å²) in [4.78, 5) is 12.0. The lowest BCUT2D eigenvalue weighted by Crippen LogP contribution is -2.28. The Morgan fingerprint density at radius 1 is 1.39 bits per heavy atom. The second-order valence-corrected chi connectivity index (χ2v) is 4.17. The summed E-state index contributed by atoms with van der Waals surface area (Å²) in [5.74, 6) is 0.396. The molecule has 0 radical (unpaired) electrons. The first-order chi connectivity index (χ1) is 8.58. The van der Waals surface area contributed by atoms with Crippen molar-refractivity contribution < 1.29 is 4.79 Å². The molecule has 0 aliphatic carbocycles. The van der Waals surface area contributed by atoms with Gasteiger partial charge in [-0.1, -0.05) is 30.3 Å². The van der Waals surface area contributed by atoms with E-state index in [1.807, 2.05) is 37.3 Å². The van der Waals surface area contributed by atoms with Crippen molar-refractivity contribution in [3.8, 4) is 0 Å². The van der Waals surface area contributed by atoms with Gasteiger partial charge in [-0.3, -0.25) is 9.48 Å². The van der Waals surface area contributed by atoms with Crippen LogP contribution in [-0.4, -0.2) is 15.7 Å². The Morgan fingerprint density at radius 3 is 2.61 bits per heavy atom. The van der Waals surface area contributed by atoms with Crippen LogP contribution in [0.1, 0.15) is 17.3 Å². The maximum absolute atomic E-state index is 12.0. The Labute approximate surface area is 106 Å². The van der Waals surface area contributed by atoms with Crippen molar-refractivity contribution in [2.75, 3.05) is 5.32 Å². The summed E-state index contributed by atoms with van der Waals surface area (Å²) in [6.45, 7) is 1.87. The van der Waals surface area contributed by atoms with E-state index in [9.17, 15) is 4.79 Å². The lowest BCUT2D eigenvalue weighted by molar-refractivity contribution is -0.117. The van der Waals surface area contributed by atoms with Crippen LogP contribution in [0.5, 0.6) is 0 Å². The molecule has 1 amide bonds. The number of aryl methyl sites for hydroxylation is 2. The number of nitrogens with one attached hydrogen (secondary N) is 1. The van der Waals surface area contributed by atoms with Gasteiger partial charge in [-0.15, -0.1) is 0 Å². The molecule has 2 aromatic rings. The van der Waals surface area contributed by atoms with Gasteiger partial charge in [0.2, 0.25) is 5.91 Å². The molecular formula is C13H16N4O. The summed E-state index contributed by atoms with van der Waals surface area (Å²) in [5, 5.41) is 6.92. The zero-order valence-electron chi connectivity index (χ0n) is 10.4. The topological polar surface area (TPSA) is 72.9 Å². The molecule has 0 saturated heterocycles. The normalized spacial score (nSPS) is 12.2. The van der Waals surface area contributed by atoms with E-state index in [0.29, 0.717) is 5.82 Å². The predicted molar refractivity (Wildman–Crippen MR) is 69.9 cm³/mol. The third-order valence-corrected chi connectivity index (χ3v) is 2.69. The summed E-state index contributed by atoms with van der Waals surface area (Å²) < 4.78 is 1.62. The molecule has 0 fully saturated rings. The van der Waals surface area contributed by atoms with Crippen LogP contribution in [0, 0.1) is 6.92 Å². The molecule has 5 nitrogen and oxygen atoms in total. The fraction of sp³-hybridized carbons (Fsp3) is 0.231. The van der Waals surface area contributed by atoms with Crippen molar-refractivity contribution in [1.29, 1.82) is 0 Å². The van der Waals surface area contributed by atoms with E-state index < -0.39 is 6.04 Å². The lowest BCUT2D eigenvalue weighted by atomic mass is 10.1. The van der Waals surface area contributed by atoms with Crippen LogP contribution in [0.3, 0.4) is 0 Å². The second kappa shape index (κ2) is 5.01. The van der Waals surface area contributed by atoms with Crippen LogP contribution < -0.4 is 11.1 Å². The number of anilines is 1. The molecule has 5 heteroatoms. The van der Waals surface area contributed by atoms with Crippen molar-refractivity contribution >= 4 is 11.7 Å². The maximum atomic E-state index is 12.0. The quantitative estimate of drug-likeness (QED) is 0.856. The van der Waals surface area contributed by atoms with Gasteiger partial charge in [0.25, 0.3) is 0 Å². The van der Waals surface area contributed by atoms with E-state index in [1.165, 1.54) is 0 Å². The first-order valence-electron chi connectivity index (χ1n) is 5.70. The first-order valence-corrected chi connectivity index (χ1v) is 5.70. The number of amides is 1. The van der Waals surface area contributed by atoms with E-state index in [1.54, 1.807) is 17.8 Å². The smallest absolute Gasteiger partial charge is 0.247 e. The third-order valence-electron chi connectivity index (χ3n) is 2.69. The fourth-order valence-corrected chi connectivity index (χ4v) is 1.74. The van der Waals surface area contributed by atoms with Gasteiger partial charge in [-0.25, -0.2) is 0 Å². The van der Waals surface area contributed by atoms with Crippen LogP contribution in [0.25, 0.3) is 0 Å². The molecule has 0 aliphatic rings. The average molecular weight is 244 g/mol. The summed E-state index contributed by atoms with van der Waals surface area (Å²) in [7, 11) is 1.77. The zero-order chi connectivity index (χ0) is 13.1. The highest BCUT2D eigenvalue weighted by atomic mass is 16.2. The SMILES string of the molecule is Cc1cc(NC(=O)C(N)c2ccccc2)n(C)n1. The monoisotopic (exact) mass is 244 g/mol. The number of hydrogen-bond acceptors (Lipinski definition) is 3. The highest BCUT2D eigenvalue weighted by Crippen LogP contribution is 2.14. The van der Waals surface area contributed by atoms with E-state index in [0.717, 1.165) is 11.3 Å². The third kappa shape index (κ3) is 2.57. The summed E-state index contributed by atoms with van der Waals surface area (Å²) in [5.41, 5.74) is 7.54. The van der Waals surface area contributed by atoms with Crippen LogP contribution in [0.15, 0.2) is 36.4 Å². The van der Waals surface area contributed by atoms with Crippen LogP contribution in [0.2, 0.25) is 0 Å². The van der Waals surface area contributed by atoms with Crippen molar-refractivity contribution in [3.63, 3.8) is 0 Å². The van der Waals surface area contributed by atoms with Crippen molar-refractivity contribution in [1.82, 2.24) is 9.78 Å². The van der Waals surface area contributed by atoms with Gasteiger partial charge in [-0.2, -0.15) is 5.10 Å². The van der Waals surface area contributed by atoms with E-state index in [-0.39, 0.29) is 5.91 Å². The molecule has 1 unspecified atom stereocenters. The van der Waals surface area contributed by atoms with Gasteiger partial charge in [0.1, 0.15) is 11.9 Å². The molecule has 0 aliphatic heterocycles. The van der Waals surface area contributed by atoms with Gasteiger partial charge < -0.3 is 11.1 Å². The number of benzene rings is 1. The molecular weight excluding hydrogens is 228 g/mol. The van der Waals surface area contributed by atoms with Gasteiger partial charge in [0.15, 0.2) is 0 Å². The Bertz CT molecular complexity index is 547. The van der Waals surface area contributed by atoms with Crippen molar-refractivity contribution in [3.05, 3.63) is 47.7 Å². The van der Waals surface area contributed by atoms with Crippen molar-refractivity contribution in [2.45, 2.75) is 13.0 Å². The Balaban J connectivity index is 2.11. The number of hydrogen-bond donors (Lipinski definition) is 2. The second-order valence-electron chi connectivity index (χ2n) is 4.17. The minimum absolute atomic E-state index is 0.246. The largest absolute Gasteiger partial charge is 0.316 e. The fourth-order valence-electron chi connectivity index (χ4n) is 1.74. The number of nitrogens with two attached hydrogens (primary N) is 1. The Kier molecular flexibility index (Phi) is 3.43. The molecule has 0 bridgehead atoms. The predicted octanol–water partition coefficient (Wildman–Crippen LogP) is 1.37. The summed E-state index contributed by atoms with van der Waals surface area (Å²) in [6.07, 6.45) is 0. The molecule has 1 heterocycles. The highest BCUT2D eigenvalue weighted by molar-refractivity contribution is 5.94. The van der Waals surface area contributed by atoms with Gasteiger partial charge in [0.05, 0.1) is 5.69 Å². The zero-order valence-corrected chi connectivity index (χ0v) is 10.4. The van der Waals surface area contributed by atoms with Gasteiger partial charge >= 0.3 is 0 Å². The Morgan fingerprint density at radius 2 is 2.06 bits per heavy atom. The minimum Gasteiger partial charge on any atom is -0.316 e. The van der Waals surface area contributed by atoms with Crippen LogP contribution in [-0.2, 0) is 11.8 Å². The first kappa shape index (κ1) is 12.3. The molecule has 0 saturated carbocycles. The number of carbonyl (C=O) groups excluding carboxylic acids is 1. The van der Waals surface area contributed by atoms with E-state index >= 15 is 0 Å². The minimum atomic E-state index is -0.679. The standard InChI is InChI=1S/C13H16N4O/c1-9-8-11(17(2)16-9)15-13(18)12(14)10-6-4-3-5-7-10/h3-8,12H,14H2,1-2H3,(H,15,18). The summed E-state index contributed by atoms with van der Waals surface area (Å²) in [6, 6.07) is 10.4. The summed E-state index contributed by atoms with van der Waals surface area (Å²) >= 11 is 0. The van der Waals surface area contributed by atoms with Gasteiger partial charge in [0, 0.05) is 13.1 Å². The molecule has 1 aromatic carbocycles. The van der Waals surface area contributed by atoms with Crippen LogP contribution in [0.4, 0.5) is 5.82 Å². The number of rotatable bonds is 3. The number of nitrogens with zero attached hydrogens (tertiary/aromatic N) is 2. The molecule has 94 valence electrons. The van der Waals surface area contributed by atoms with E-state index in [4.69, 9.17) is 5.73 Å². The van der Waals surface area contributed by atoms with Crippen molar-refractivity contribution in [2.24, 2.45) is 12.8 Å².